The van der Waals surface area contributed by atoms with E-state index in [1.165, 1.54) is 6.26 Å². The van der Waals surface area contributed by atoms with E-state index < -0.39 is 0 Å². The molecule has 4 rings (SSSR count). The molecule has 0 bridgehead atoms. The summed E-state index contributed by atoms with van der Waals surface area (Å²) in [4.78, 5) is 31.0. The summed E-state index contributed by atoms with van der Waals surface area (Å²) >= 11 is 0. The zero-order valence-electron chi connectivity index (χ0n) is 12.7. The summed E-state index contributed by atoms with van der Waals surface area (Å²) in [7, 11) is 1.74. The van der Waals surface area contributed by atoms with Crippen LogP contribution >= 0.6 is 0 Å². The van der Waals surface area contributed by atoms with E-state index in [2.05, 4.69) is 4.98 Å². The first-order valence-electron chi connectivity index (χ1n) is 7.51. The van der Waals surface area contributed by atoms with Gasteiger partial charge in [0.1, 0.15) is 0 Å². The molecule has 1 aliphatic heterocycles. The SMILES string of the molecule is Cn1c(=O)n([C@@H]2CCN(C(=O)c3ccco3)C2)c2ncccc21. The van der Waals surface area contributed by atoms with E-state index in [1.807, 2.05) is 12.1 Å². The van der Waals surface area contributed by atoms with E-state index in [-0.39, 0.29) is 17.6 Å². The number of likely N-dealkylation sites (tertiary alicyclic amines) is 1. The Hall–Kier alpha value is -2.83. The Balaban J connectivity index is 1.67. The molecule has 0 radical (unpaired) electrons. The zero-order valence-corrected chi connectivity index (χ0v) is 12.7. The summed E-state index contributed by atoms with van der Waals surface area (Å²) in [6.45, 7) is 1.08. The van der Waals surface area contributed by atoms with E-state index in [4.69, 9.17) is 4.42 Å². The Kier molecular flexibility index (Phi) is 3.07. The van der Waals surface area contributed by atoms with Crippen LogP contribution in [0.1, 0.15) is 23.0 Å². The van der Waals surface area contributed by atoms with Gasteiger partial charge in [-0.3, -0.25) is 13.9 Å². The molecule has 0 aliphatic carbocycles. The van der Waals surface area contributed by atoms with E-state index in [0.717, 1.165) is 11.9 Å². The monoisotopic (exact) mass is 312 g/mol. The first-order chi connectivity index (χ1) is 11.2. The highest BCUT2D eigenvalue weighted by atomic mass is 16.3. The van der Waals surface area contributed by atoms with Gasteiger partial charge in [0.15, 0.2) is 11.4 Å². The lowest BCUT2D eigenvalue weighted by Gasteiger charge is -2.15. The van der Waals surface area contributed by atoms with Crippen LogP contribution in [0.5, 0.6) is 0 Å². The van der Waals surface area contributed by atoms with Gasteiger partial charge >= 0.3 is 5.69 Å². The van der Waals surface area contributed by atoms with Crippen molar-refractivity contribution >= 4 is 17.1 Å². The number of imidazole rings is 1. The molecule has 1 saturated heterocycles. The normalized spacial score (nSPS) is 18.0. The lowest BCUT2D eigenvalue weighted by Crippen LogP contribution is -2.31. The third-order valence-corrected chi connectivity index (χ3v) is 4.40. The standard InChI is InChI=1S/C16H16N4O3/c1-18-12-4-2-7-17-14(12)20(16(18)22)11-6-8-19(10-11)15(21)13-5-3-9-23-13/h2-5,7,9,11H,6,8,10H2,1H3/t11-/m1/s1. The molecule has 1 amide bonds. The summed E-state index contributed by atoms with van der Waals surface area (Å²) in [5, 5.41) is 0. The second kappa shape index (κ2) is 5.12. The Bertz CT molecular complexity index is 923. The first-order valence-corrected chi connectivity index (χ1v) is 7.51. The number of hydrogen-bond acceptors (Lipinski definition) is 4. The lowest BCUT2D eigenvalue weighted by atomic mass is 10.2. The van der Waals surface area contributed by atoms with Crippen LogP contribution in [0, 0.1) is 0 Å². The Morgan fingerprint density at radius 1 is 1.35 bits per heavy atom. The van der Waals surface area contributed by atoms with Crippen molar-refractivity contribution in [1.29, 1.82) is 0 Å². The molecule has 23 heavy (non-hydrogen) atoms. The first kappa shape index (κ1) is 13.8. The van der Waals surface area contributed by atoms with Gasteiger partial charge in [0.05, 0.1) is 17.8 Å². The van der Waals surface area contributed by atoms with Crippen molar-refractivity contribution in [3.8, 4) is 0 Å². The number of carbonyl (C=O) groups excluding carboxylic acids is 1. The van der Waals surface area contributed by atoms with E-state index in [9.17, 15) is 9.59 Å². The number of aryl methyl sites for hydroxylation is 1. The fraction of sp³-hybridized carbons (Fsp3) is 0.312. The number of carbonyl (C=O) groups is 1. The van der Waals surface area contributed by atoms with Crippen LogP contribution in [0.3, 0.4) is 0 Å². The molecule has 0 spiro atoms. The molecular weight excluding hydrogens is 296 g/mol. The van der Waals surface area contributed by atoms with Crippen molar-refractivity contribution in [2.24, 2.45) is 7.05 Å². The molecule has 7 heteroatoms. The van der Waals surface area contributed by atoms with Crippen LogP contribution in [0.15, 0.2) is 45.9 Å². The van der Waals surface area contributed by atoms with Crippen LogP contribution in [-0.4, -0.2) is 38.0 Å². The number of rotatable bonds is 2. The second-order valence-electron chi connectivity index (χ2n) is 5.73. The molecule has 4 heterocycles. The van der Waals surface area contributed by atoms with Gasteiger partial charge in [0.25, 0.3) is 5.91 Å². The van der Waals surface area contributed by atoms with Crippen LogP contribution in [0.2, 0.25) is 0 Å². The molecule has 0 saturated carbocycles. The molecule has 1 atom stereocenters. The van der Waals surface area contributed by atoms with Crippen molar-refractivity contribution in [3.63, 3.8) is 0 Å². The zero-order chi connectivity index (χ0) is 16.0. The molecule has 0 aromatic carbocycles. The van der Waals surface area contributed by atoms with Gasteiger partial charge in [-0.1, -0.05) is 0 Å². The number of amides is 1. The highest BCUT2D eigenvalue weighted by molar-refractivity contribution is 5.91. The second-order valence-corrected chi connectivity index (χ2v) is 5.73. The predicted octanol–water partition coefficient (Wildman–Crippen LogP) is 1.42. The lowest BCUT2D eigenvalue weighted by molar-refractivity contribution is 0.0756. The van der Waals surface area contributed by atoms with Gasteiger partial charge in [-0.15, -0.1) is 0 Å². The number of furan rings is 1. The maximum absolute atomic E-state index is 12.5. The van der Waals surface area contributed by atoms with Gasteiger partial charge in [-0.2, -0.15) is 0 Å². The minimum absolute atomic E-state index is 0.0694. The number of pyridine rings is 1. The van der Waals surface area contributed by atoms with E-state index in [0.29, 0.717) is 24.5 Å². The Labute approximate surface area is 131 Å². The van der Waals surface area contributed by atoms with Crippen LogP contribution in [-0.2, 0) is 7.05 Å². The fourth-order valence-electron chi connectivity index (χ4n) is 3.21. The minimum Gasteiger partial charge on any atom is -0.459 e. The molecule has 118 valence electrons. The number of aromatic nitrogens is 3. The molecular formula is C16H16N4O3. The largest absolute Gasteiger partial charge is 0.459 e. The third kappa shape index (κ3) is 2.08. The maximum Gasteiger partial charge on any atom is 0.330 e. The van der Waals surface area contributed by atoms with Crippen molar-refractivity contribution in [2.45, 2.75) is 12.5 Å². The van der Waals surface area contributed by atoms with Crippen molar-refractivity contribution in [1.82, 2.24) is 19.0 Å². The van der Waals surface area contributed by atoms with Gasteiger partial charge in [0.2, 0.25) is 0 Å². The van der Waals surface area contributed by atoms with Crippen molar-refractivity contribution in [3.05, 3.63) is 53.0 Å². The summed E-state index contributed by atoms with van der Waals surface area (Å²) in [6, 6.07) is 6.97. The van der Waals surface area contributed by atoms with Gasteiger partial charge in [0, 0.05) is 26.3 Å². The average molecular weight is 312 g/mol. The molecule has 7 nitrogen and oxygen atoms in total. The highest BCUT2D eigenvalue weighted by Crippen LogP contribution is 2.25. The number of fused-ring (bicyclic) bond motifs is 1. The smallest absolute Gasteiger partial charge is 0.330 e. The summed E-state index contributed by atoms with van der Waals surface area (Å²) < 4.78 is 8.47. The molecule has 1 fully saturated rings. The summed E-state index contributed by atoms with van der Waals surface area (Å²) in [5.74, 6) is 0.188. The Morgan fingerprint density at radius 3 is 3.00 bits per heavy atom. The number of hydrogen-bond donors (Lipinski definition) is 0. The highest BCUT2D eigenvalue weighted by Gasteiger charge is 2.31. The van der Waals surface area contributed by atoms with Crippen molar-refractivity contribution < 1.29 is 9.21 Å². The van der Waals surface area contributed by atoms with Crippen LogP contribution in [0.4, 0.5) is 0 Å². The van der Waals surface area contributed by atoms with Gasteiger partial charge in [-0.25, -0.2) is 9.78 Å². The van der Waals surface area contributed by atoms with Gasteiger partial charge < -0.3 is 9.32 Å². The minimum atomic E-state index is -0.140. The molecule has 0 unspecified atom stereocenters. The molecule has 3 aromatic heterocycles. The number of nitrogens with zero attached hydrogens (tertiary/aromatic N) is 4. The van der Waals surface area contributed by atoms with E-state index in [1.54, 1.807) is 39.4 Å². The third-order valence-electron chi connectivity index (χ3n) is 4.40. The summed E-state index contributed by atoms with van der Waals surface area (Å²) in [5.41, 5.74) is 1.36. The summed E-state index contributed by atoms with van der Waals surface area (Å²) in [6.07, 6.45) is 3.89. The Morgan fingerprint density at radius 2 is 2.22 bits per heavy atom. The maximum atomic E-state index is 12.5. The quantitative estimate of drug-likeness (QED) is 0.717. The fourth-order valence-corrected chi connectivity index (χ4v) is 3.21. The molecule has 3 aromatic rings. The van der Waals surface area contributed by atoms with Crippen LogP contribution < -0.4 is 5.69 Å². The van der Waals surface area contributed by atoms with E-state index >= 15 is 0 Å². The van der Waals surface area contributed by atoms with Gasteiger partial charge in [-0.05, 0) is 30.7 Å². The predicted molar refractivity (Wildman–Crippen MR) is 83.2 cm³/mol. The topological polar surface area (TPSA) is 73.3 Å². The average Bonchev–Trinajstić information content (AvgIpc) is 3.29. The van der Waals surface area contributed by atoms with Crippen molar-refractivity contribution in [2.75, 3.05) is 13.1 Å². The van der Waals surface area contributed by atoms with Crippen LogP contribution in [0.25, 0.3) is 11.2 Å². The molecule has 0 N–H and O–H groups in total. The molecule has 1 aliphatic rings.